The molecule has 142 valence electrons. The van der Waals surface area contributed by atoms with Gasteiger partial charge in [-0.3, -0.25) is 4.79 Å². The number of rotatable bonds is 11. The van der Waals surface area contributed by atoms with Crippen molar-refractivity contribution in [1.29, 1.82) is 0 Å². The zero-order chi connectivity index (χ0) is 17.8. The van der Waals surface area contributed by atoms with Crippen LogP contribution in [-0.4, -0.2) is 70.1 Å². The van der Waals surface area contributed by atoms with Gasteiger partial charge in [-0.2, -0.15) is 0 Å². The van der Waals surface area contributed by atoms with Crippen molar-refractivity contribution in [2.24, 2.45) is 11.3 Å². The van der Waals surface area contributed by atoms with Gasteiger partial charge < -0.3 is 24.8 Å². The van der Waals surface area contributed by atoms with Crippen LogP contribution >= 0.6 is 0 Å². The molecule has 7 heteroatoms. The van der Waals surface area contributed by atoms with Crippen molar-refractivity contribution in [2.45, 2.75) is 40.0 Å². The number of likely N-dealkylation sites (tertiary alicyclic amines) is 1. The second-order valence-corrected chi connectivity index (χ2v) is 7.36. The zero-order valence-electron chi connectivity index (χ0n) is 16.6. The Morgan fingerprint density at radius 1 is 0.960 bits per heavy atom. The molecule has 6 nitrogen and oxygen atoms in total. The topological polar surface area (TPSA) is 71.8 Å². The van der Waals surface area contributed by atoms with Gasteiger partial charge in [-0.1, -0.05) is 20.8 Å². The van der Waals surface area contributed by atoms with Gasteiger partial charge >= 0.3 is 51.4 Å². The van der Waals surface area contributed by atoms with Crippen LogP contribution in [0.3, 0.4) is 0 Å². The molecule has 1 saturated heterocycles. The molecule has 0 aromatic heterocycles. The minimum atomic E-state index is 0. The zero-order valence-corrected chi connectivity index (χ0v) is 19.8. The smallest absolute Gasteiger partial charge is 0.676 e. The number of carbonyl (C=O) groups excluding carboxylic acids is 1. The van der Waals surface area contributed by atoms with Gasteiger partial charge in [0.1, 0.15) is 0 Å². The predicted octanol–water partition coefficient (Wildman–Crippen LogP) is -0.233. The summed E-state index contributed by atoms with van der Waals surface area (Å²) < 4.78 is 15.9. The van der Waals surface area contributed by atoms with Gasteiger partial charge in [0, 0.05) is 19.7 Å². The molecule has 0 bridgehead atoms. The number of amides is 1. The number of hydrogen-bond donors (Lipinski definition) is 0. The van der Waals surface area contributed by atoms with E-state index in [9.17, 15) is 4.79 Å². The van der Waals surface area contributed by atoms with Crippen LogP contribution in [-0.2, 0) is 19.0 Å². The van der Waals surface area contributed by atoms with Gasteiger partial charge in [-0.05, 0) is 24.2 Å². The average Bonchev–Trinajstić information content (AvgIpc) is 2.55. The van der Waals surface area contributed by atoms with E-state index in [1.54, 1.807) is 0 Å². The van der Waals surface area contributed by atoms with E-state index in [0.29, 0.717) is 57.4 Å². The summed E-state index contributed by atoms with van der Waals surface area (Å²) in [6, 6.07) is 0. The summed E-state index contributed by atoms with van der Waals surface area (Å²) in [5.74, 6) is 0.909. The second-order valence-electron chi connectivity index (χ2n) is 7.36. The summed E-state index contributed by atoms with van der Waals surface area (Å²) in [5, 5.41) is 0. The van der Waals surface area contributed by atoms with Gasteiger partial charge in [-0.25, -0.2) is 0 Å². The van der Waals surface area contributed by atoms with E-state index in [-0.39, 0.29) is 63.8 Å². The Bertz CT molecular complexity index is 342. The minimum absolute atomic E-state index is 0. The van der Waals surface area contributed by atoms with Gasteiger partial charge in [0.25, 0.3) is 0 Å². The van der Waals surface area contributed by atoms with E-state index < -0.39 is 0 Å². The van der Waals surface area contributed by atoms with Crippen LogP contribution in [0.1, 0.15) is 40.0 Å². The Labute approximate surface area is 195 Å². The summed E-state index contributed by atoms with van der Waals surface area (Å²) in [5.41, 5.74) is 7.26. The monoisotopic (exact) mass is 382 g/mol. The summed E-state index contributed by atoms with van der Waals surface area (Å²) in [4.78, 5) is 14.2. The molecule has 0 aromatic rings. The van der Waals surface area contributed by atoms with Crippen molar-refractivity contribution < 1.29 is 70.4 Å². The third-order valence-electron chi connectivity index (χ3n) is 4.52. The number of nitrogens with one attached hydrogen (secondary N) is 1. The molecule has 1 fully saturated rings. The van der Waals surface area contributed by atoms with E-state index in [1.165, 1.54) is 0 Å². The third-order valence-corrected chi connectivity index (χ3v) is 4.52. The molecule has 0 aliphatic carbocycles. The number of carbonyl (C=O) groups is 1. The molecule has 0 spiro atoms. The molecule has 1 heterocycles. The Hall–Kier alpha value is 0.946. The fourth-order valence-corrected chi connectivity index (χ4v) is 2.93. The van der Waals surface area contributed by atoms with Gasteiger partial charge in [0.2, 0.25) is 5.91 Å². The molecular weight excluding hydrogens is 347 g/mol. The molecule has 1 rings (SSSR count). The summed E-state index contributed by atoms with van der Waals surface area (Å²) in [6.07, 6.45) is 2.66. The van der Waals surface area contributed by atoms with Crippen molar-refractivity contribution in [3.63, 3.8) is 0 Å². The molecule has 0 aromatic carbocycles. The molecule has 0 radical (unpaired) electrons. The number of nitrogens with zero attached hydrogens (tertiary/aromatic N) is 1. The van der Waals surface area contributed by atoms with Crippen LogP contribution in [0.25, 0.3) is 5.73 Å². The first-order valence-corrected chi connectivity index (χ1v) is 9.10. The molecule has 1 aliphatic rings. The summed E-state index contributed by atoms with van der Waals surface area (Å²) >= 11 is 0. The van der Waals surface area contributed by atoms with Crippen LogP contribution in [0.4, 0.5) is 0 Å². The van der Waals surface area contributed by atoms with Crippen LogP contribution in [0.5, 0.6) is 0 Å². The van der Waals surface area contributed by atoms with Crippen molar-refractivity contribution in [3.05, 3.63) is 5.73 Å². The fourth-order valence-electron chi connectivity index (χ4n) is 2.93. The van der Waals surface area contributed by atoms with Crippen LogP contribution in [0, 0.1) is 11.3 Å². The first kappa shape index (κ1) is 25.9. The first-order valence-electron chi connectivity index (χ1n) is 9.10. The van der Waals surface area contributed by atoms with Gasteiger partial charge in [-0.15, -0.1) is 6.54 Å². The Morgan fingerprint density at radius 3 is 1.92 bits per heavy atom. The van der Waals surface area contributed by atoms with Gasteiger partial charge in [0.05, 0.1) is 39.5 Å². The van der Waals surface area contributed by atoms with Crippen molar-refractivity contribution >= 4 is 5.91 Å². The molecule has 1 aliphatic heterocycles. The molecule has 1 amide bonds. The maximum absolute atomic E-state index is 12.2. The quantitative estimate of drug-likeness (QED) is 0.365. The number of ether oxygens (including phenoxy) is 3. The van der Waals surface area contributed by atoms with E-state index in [1.807, 2.05) is 4.90 Å². The predicted molar refractivity (Wildman–Crippen MR) is 95.0 cm³/mol. The van der Waals surface area contributed by atoms with Crippen LogP contribution in [0.2, 0.25) is 0 Å². The van der Waals surface area contributed by atoms with Crippen molar-refractivity contribution in [2.75, 3.05) is 59.3 Å². The average molecular weight is 383 g/mol. The summed E-state index contributed by atoms with van der Waals surface area (Å²) in [6.45, 7) is 11.8. The van der Waals surface area contributed by atoms with Crippen LogP contribution < -0.4 is 51.4 Å². The summed E-state index contributed by atoms with van der Waals surface area (Å²) in [7, 11) is 0. The molecule has 0 atom stereocenters. The minimum Gasteiger partial charge on any atom is -0.676 e. The number of hydrogen-bond acceptors (Lipinski definition) is 4. The maximum Gasteiger partial charge on any atom is 1.00 e. The fraction of sp³-hybridized carbons (Fsp3) is 0.944. The molecule has 25 heavy (non-hydrogen) atoms. The Balaban J connectivity index is 0.00000576. The normalized spacial score (nSPS) is 15.9. The SMILES string of the molecule is CC(C)(C)C1CCN(C(=O)CCOCCOCCOCC[NH-])CC1.[K+]. The Kier molecular flexibility index (Phi) is 15.5. The van der Waals surface area contributed by atoms with E-state index in [0.717, 1.165) is 25.9 Å². The largest absolute Gasteiger partial charge is 1.00 e. The molecule has 0 saturated carbocycles. The maximum atomic E-state index is 12.2. The van der Waals surface area contributed by atoms with Gasteiger partial charge in [0.15, 0.2) is 0 Å². The first-order chi connectivity index (χ1) is 11.4. The number of piperidine rings is 1. The van der Waals surface area contributed by atoms with E-state index in [4.69, 9.17) is 19.9 Å². The van der Waals surface area contributed by atoms with Crippen LogP contribution in [0.15, 0.2) is 0 Å². The second kappa shape index (κ2) is 14.9. The van der Waals surface area contributed by atoms with E-state index >= 15 is 0 Å². The van der Waals surface area contributed by atoms with Crippen molar-refractivity contribution in [3.8, 4) is 0 Å². The molecule has 0 unspecified atom stereocenters. The van der Waals surface area contributed by atoms with Crippen molar-refractivity contribution in [1.82, 2.24) is 4.90 Å². The van der Waals surface area contributed by atoms with E-state index in [2.05, 4.69) is 20.8 Å². The Morgan fingerprint density at radius 2 is 1.44 bits per heavy atom. The molecular formula is C18H35KN2O4. The molecule has 1 N–H and O–H groups in total. The standard InChI is InChI=1S/C18H35N2O4.K/c1-18(2,3)16-4-8-20(9-5-16)17(21)6-10-22-12-14-24-15-13-23-11-7-19;/h16,19H,4-15H2,1-3H3;/q-1;+1. The third kappa shape index (κ3) is 12.1.